The first-order chi connectivity index (χ1) is 8.45. The molecule has 108 valence electrons. The van der Waals surface area contributed by atoms with Crippen LogP contribution in [0.1, 0.15) is 31.9 Å². The Bertz CT molecular complexity index is 390. The lowest BCUT2D eigenvalue weighted by atomic mass is 10.0. The minimum absolute atomic E-state index is 0. The summed E-state index contributed by atoms with van der Waals surface area (Å²) in [5.74, 6) is 0.173. The van der Waals surface area contributed by atoms with Gasteiger partial charge in [-0.2, -0.15) is 0 Å². The summed E-state index contributed by atoms with van der Waals surface area (Å²) in [7, 11) is 1.80. The molecule has 1 rings (SSSR count). The minimum atomic E-state index is -0.412. The molecule has 19 heavy (non-hydrogen) atoms. The molecular formula is C15H25ClN2O. The van der Waals surface area contributed by atoms with E-state index in [1.54, 1.807) is 11.9 Å². The number of hydrogen-bond donors (Lipinski definition) is 1. The first-order valence-corrected chi connectivity index (χ1v) is 6.54. The van der Waals surface area contributed by atoms with Crippen LogP contribution in [0.4, 0.5) is 0 Å². The van der Waals surface area contributed by atoms with Crippen molar-refractivity contribution in [2.45, 2.75) is 39.8 Å². The molecule has 1 aromatic rings. The topological polar surface area (TPSA) is 46.3 Å². The van der Waals surface area contributed by atoms with Crippen LogP contribution in [0, 0.1) is 5.92 Å². The third kappa shape index (κ3) is 5.21. The zero-order chi connectivity index (χ0) is 13.7. The van der Waals surface area contributed by atoms with E-state index in [4.69, 9.17) is 5.73 Å². The molecule has 0 spiro atoms. The standard InChI is InChI=1S/C15H24N2O.ClH/c1-5-12-6-8-13(9-7-12)10-17(4)15(18)14(16)11(2)3;/h6-9,11,14H,5,10,16H2,1-4H3;1H/t14-;/m0./s1. The summed E-state index contributed by atoms with van der Waals surface area (Å²) < 4.78 is 0. The maximum Gasteiger partial charge on any atom is 0.239 e. The SMILES string of the molecule is CCc1ccc(CN(C)C(=O)[C@@H](N)C(C)C)cc1.Cl. The average molecular weight is 285 g/mol. The third-order valence-corrected chi connectivity index (χ3v) is 3.23. The van der Waals surface area contributed by atoms with E-state index in [0.717, 1.165) is 12.0 Å². The molecular weight excluding hydrogens is 260 g/mol. The molecule has 4 heteroatoms. The molecule has 1 aromatic carbocycles. The van der Waals surface area contributed by atoms with Gasteiger partial charge in [-0.15, -0.1) is 12.4 Å². The van der Waals surface area contributed by atoms with Gasteiger partial charge in [-0.25, -0.2) is 0 Å². The van der Waals surface area contributed by atoms with Crippen molar-refractivity contribution in [1.29, 1.82) is 0 Å². The molecule has 0 aliphatic rings. The number of aryl methyl sites for hydroxylation is 1. The van der Waals surface area contributed by atoms with Gasteiger partial charge in [0.1, 0.15) is 0 Å². The fourth-order valence-corrected chi connectivity index (χ4v) is 1.77. The summed E-state index contributed by atoms with van der Waals surface area (Å²) in [6.45, 7) is 6.68. The number of amides is 1. The summed E-state index contributed by atoms with van der Waals surface area (Å²) in [5.41, 5.74) is 8.32. The number of rotatable bonds is 5. The van der Waals surface area contributed by atoms with Crippen molar-refractivity contribution >= 4 is 18.3 Å². The normalized spacial score (nSPS) is 11.9. The van der Waals surface area contributed by atoms with Gasteiger partial charge in [-0.1, -0.05) is 45.0 Å². The van der Waals surface area contributed by atoms with E-state index < -0.39 is 6.04 Å². The molecule has 0 saturated carbocycles. The van der Waals surface area contributed by atoms with E-state index >= 15 is 0 Å². The second kappa shape index (κ2) is 8.18. The fourth-order valence-electron chi connectivity index (χ4n) is 1.77. The predicted octanol–water partition coefficient (Wildman–Crippen LogP) is 2.61. The number of carbonyl (C=O) groups excluding carboxylic acids is 1. The van der Waals surface area contributed by atoms with Crippen LogP contribution in [-0.4, -0.2) is 23.9 Å². The fraction of sp³-hybridized carbons (Fsp3) is 0.533. The van der Waals surface area contributed by atoms with E-state index in [-0.39, 0.29) is 24.2 Å². The van der Waals surface area contributed by atoms with E-state index in [2.05, 4.69) is 31.2 Å². The van der Waals surface area contributed by atoms with Gasteiger partial charge >= 0.3 is 0 Å². The van der Waals surface area contributed by atoms with Crippen LogP contribution in [0.5, 0.6) is 0 Å². The average Bonchev–Trinajstić information content (AvgIpc) is 2.37. The zero-order valence-electron chi connectivity index (χ0n) is 12.2. The van der Waals surface area contributed by atoms with Gasteiger partial charge in [0.25, 0.3) is 0 Å². The summed E-state index contributed by atoms with van der Waals surface area (Å²) in [6.07, 6.45) is 1.03. The summed E-state index contributed by atoms with van der Waals surface area (Å²) in [4.78, 5) is 13.7. The highest BCUT2D eigenvalue weighted by molar-refractivity contribution is 5.85. The van der Waals surface area contributed by atoms with Crippen molar-refractivity contribution in [3.05, 3.63) is 35.4 Å². The molecule has 3 nitrogen and oxygen atoms in total. The summed E-state index contributed by atoms with van der Waals surface area (Å²) in [6, 6.07) is 7.95. The van der Waals surface area contributed by atoms with Crippen LogP contribution in [0.25, 0.3) is 0 Å². The van der Waals surface area contributed by atoms with Crippen LogP contribution in [0.15, 0.2) is 24.3 Å². The number of benzene rings is 1. The molecule has 0 heterocycles. The van der Waals surface area contributed by atoms with Gasteiger partial charge in [-0.3, -0.25) is 4.79 Å². The van der Waals surface area contributed by atoms with Crippen LogP contribution in [0.2, 0.25) is 0 Å². The van der Waals surface area contributed by atoms with Gasteiger partial charge < -0.3 is 10.6 Å². The Kier molecular flexibility index (Phi) is 7.72. The quantitative estimate of drug-likeness (QED) is 0.903. The second-order valence-corrected chi connectivity index (χ2v) is 5.13. The van der Waals surface area contributed by atoms with Gasteiger partial charge in [0, 0.05) is 13.6 Å². The van der Waals surface area contributed by atoms with Gasteiger partial charge in [0.2, 0.25) is 5.91 Å². The second-order valence-electron chi connectivity index (χ2n) is 5.13. The maximum absolute atomic E-state index is 12.0. The molecule has 0 unspecified atom stereocenters. The molecule has 2 N–H and O–H groups in total. The van der Waals surface area contributed by atoms with Crippen LogP contribution < -0.4 is 5.73 Å². The van der Waals surface area contributed by atoms with Crippen LogP contribution in [0.3, 0.4) is 0 Å². The lowest BCUT2D eigenvalue weighted by Gasteiger charge is -2.23. The Balaban J connectivity index is 0.00000324. The molecule has 0 aromatic heterocycles. The summed E-state index contributed by atoms with van der Waals surface area (Å²) >= 11 is 0. The number of nitrogens with zero attached hydrogens (tertiary/aromatic N) is 1. The first kappa shape index (κ1) is 17.9. The number of halogens is 1. The van der Waals surface area contributed by atoms with Crippen molar-refractivity contribution in [3.8, 4) is 0 Å². The smallest absolute Gasteiger partial charge is 0.239 e. The molecule has 1 amide bonds. The van der Waals surface area contributed by atoms with E-state index in [1.165, 1.54) is 5.56 Å². The highest BCUT2D eigenvalue weighted by Gasteiger charge is 2.20. The van der Waals surface area contributed by atoms with Crippen molar-refractivity contribution in [1.82, 2.24) is 4.90 Å². The van der Waals surface area contributed by atoms with E-state index in [9.17, 15) is 4.79 Å². The van der Waals surface area contributed by atoms with Gasteiger partial charge in [0.05, 0.1) is 6.04 Å². The largest absolute Gasteiger partial charge is 0.340 e. The van der Waals surface area contributed by atoms with Crippen LogP contribution >= 0.6 is 12.4 Å². The maximum atomic E-state index is 12.0. The Morgan fingerprint density at radius 1 is 1.21 bits per heavy atom. The molecule has 0 fully saturated rings. The lowest BCUT2D eigenvalue weighted by molar-refractivity contribution is -0.132. The Labute approximate surface area is 122 Å². The monoisotopic (exact) mass is 284 g/mol. The van der Waals surface area contributed by atoms with Crippen molar-refractivity contribution in [3.63, 3.8) is 0 Å². The molecule has 1 atom stereocenters. The van der Waals surface area contributed by atoms with Crippen molar-refractivity contribution in [2.24, 2.45) is 11.7 Å². The molecule has 0 bridgehead atoms. The number of nitrogens with two attached hydrogens (primary N) is 1. The number of carbonyl (C=O) groups is 1. The minimum Gasteiger partial charge on any atom is -0.340 e. The Morgan fingerprint density at radius 3 is 2.11 bits per heavy atom. The Morgan fingerprint density at radius 2 is 1.68 bits per heavy atom. The number of likely N-dealkylation sites (N-methyl/N-ethyl adjacent to an activating group) is 1. The predicted molar refractivity (Wildman–Crippen MR) is 82.4 cm³/mol. The van der Waals surface area contributed by atoms with E-state index in [1.807, 2.05) is 13.8 Å². The molecule has 0 saturated heterocycles. The van der Waals surface area contributed by atoms with Crippen molar-refractivity contribution in [2.75, 3.05) is 7.05 Å². The highest BCUT2D eigenvalue weighted by atomic mass is 35.5. The highest BCUT2D eigenvalue weighted by Crippen LogP contribution is 2.09. The lowest BCUT2D eigenvalue weighted by Crippen LogP contribution is -2.44. The van der Waals surface area contributed by atoms with E-state index in [0.29, 0.717) is 6.54 Å². The van der Waals surface area contributed by atoms with Gasteiger partial charge in [-0.05, 0) is 23.5 Å². The number of hydrogen-bond acceptors (Lipinski definition) is 2. The molecule has 0 aliphatic carbocycles. The summed E-state index contributed by atoms with van der Waals surface area (Å²) in [5, 5.41) is 0. The molecule has 0 aliphatic heterocycles. The van der Waals surface area contributed by atoms with Crippen molar-refractivity contribution < 1.29 is 4.79 Å². The van der Waals surface area contributed by atoms with Crippen LogP contribution in [-0.2, 0) is 17.8 Å². The zero-order valence-corrected chi connectivity index (χ0v) is 13.0. The van der Waals surface area contributed by atoms with Gasteiger partial charge in [0.15, 0.2) is 0 Å². The first-order valence-electron chi connectivity index (χ1n) is 6.54. The third-order valence-electron chi connectivity index (χ3n) is 3.23. The Hall–Kier alpha value is -1.06. The molecule has 0 radical (unpaired) electrons.